The summed E-state index contributed by atoms with van der Waals surface area (Å²) in [5.74, 6) is 0. The first-order valence-electron chi connectivity index (χ1n) is 4.33. The van der Waals surface area contributed by atoms with E-state index in [1.54, 1.807) is 0 Å². The molecule has 2 atom stereocenters. The van der Waals surface area contributed by atoms with Gasteiger partial charge in [-0.25, -0.2) is 0 Å². The molecule has 1 heterocycles. The SMILES string of the molecule is CCC1(C)NC1OC(C)(C)C. The first-order chi connectivity index (χ1) is 4.87. The molecular formula is C9H19NO. The van der Waals surface area contributed by atoms with Crippen LogP contribution in [0.25, 0.3) is 0 Å². The van der Waals surface area contributed by atoms with E-state index in [-0.39, 0.29) is 17.4 Å². The molecule has 1 fully saturated rings. The quantitative estimate of drug-likeness (QED) is 0.621. The highest BCUT2D eigenvalue weighted by Gasteiger charge is 2.50. The molecule has 2 nitrogen and oxygen atoms in total. The summed E-state index contributed by atoms with van der Waals surface area (Å²) in [4.78, 5) is 0. The molecule has 0 aromatic heterocycles. The number of hydrogen-bond donors (Lipinski definition) is 1. The highest BCUT2D eigenvalue weighted by Crippen LogP contribution is 2.33. The van der Waals surface area contributed by atoms with Gasteiger partial charge in [-0.05, 0) is 34.1 Å². The summed E-state index contributed by atoms with van der Waals surface area (Å²) in [5.41, 5.74) is 0.220. The third kappa shape index (κ3) is 2.17. The standard InChI is InChI=1S/C9H19NO/c1-6-9(5)7(10-9)11-8(2,3)4/h7,10H,6H2,1-5H3. The molecule has 0 saturated carbocycles. The first-order valence-corrected chi connectivity index (χ1v) is 4.33. The van der Waals surface area contributed by atoms with Gasteiger partial charge in [0, 0.05) is 0 Å². The molecule has 1 aliphatic heterocycles. The largest absolute Gasteiger partial charge is 0.356 e. The predicted octanol–water partition coefficient (Wildman–Crippen LogP) is 1.90. The Morgan fingerprint density at radius 1 is 1.45 bits per heavy atom. The molecule has 0 aromatic rings. The molecule has 1 rings (SSSR count). The van der Waals surface area contributed by atoms with Gasteiger partial charge in [-0.2, -0.15) is 0 Å². The van der Waals surface area contributed by atoms with Crippen molar-refractivity contribution in [2.45, 2.75) is 58.4 Å². The van der Waals surface area contributed by atoms with Crippen LogP contribution in [0, 0.1) is 0 Å². The van der Waals surface area contributed by atoms with Gasteiger partial charge in [-0.3, -0.25) is 5.32 Å². The van der Waals surface area contributed by atoms with Gasteiger partial charge in [0.05, 0.1) is 11.1 Å². The summed E-state index contributed by atoms with van der Waals surface area (Å²) < 4.78 is 5.74. The van der Waals surface area contributed by atoms with E-state index in [2.05, 4.69) is 39.9 Å². The van der Waals surface area contributed by atoms with Gasteiger partial charge in [0.25, 0.3) is 0 Å². The summed E-state index contributed by atoms with van der Waals surface area (Å²) >= 11 is 0. The molecule has 1 aliphatic rings. The van der Waals surface area contributed by atoms with Gasteiger partial charge >= 0.3 is 0 Å². The second-order valence-corrected chi connectivity index (χ2v) is 4.53. The lowest BCUT2D eigenvalue weighted by Gasteiger charge is -2.19. The molecule has 1 N–H and O–H groups in total. The highest BCUT2D eigenvalue weighted by atomic mass is 16.5. The topological polar surface area (TPSA) is 31.2 Å². The van der Waals surface area contributed by atoms with Crippen LogP contribution in [-0.2, 0) is 4.74 Å². The van der Waals surface area contributed by atoms with E-state index >= 15 is 0 Å². The average Bonchev–Trinajstić information content (AvgIpc) is 2.40. The van der Waals surface area contributed by atoms with Crippen molar-refractivity contribution in [3.05, 3.63) is 0 Å². The molecule has 66 valence electrons. The van der Waals surface area contributed by atoms with Crippen molar-refractivity contribution >= 4 is 0 Å². The molecule has 0 spiro atoms. The van der Waals surface area contributed by atoms with Gasteiger partial charge in [-0.15, -0.1) is 0 Å². The first kappa shape index (κ1) is 9.01. The van der Waals surface area contributed by atoms with Gasteiger partial charge in [0.2, 0.25) is 0 Å². The molecule has 11 heavy (non-hydrogen) atoms. The molecule has 1 saturated heterocycles. The maximum atomic E-state index is 5.74. The van der Waals surface area contributed by atoms with Crippen LogP contribution in [0.1, 0.15) is 41.0 Å². The van der Waals surface area contributed by atoms with Gasteiger partial charge in [0.15, 0.2) is 0 Å². The minimum absolute atomic E-state index is 0.0232. The molecule has 2 unspecified atom stereocenters. The van der Waals surface area contributed by atoms with Crippen molar-refractivity contribution in [1.82, 2.24) is 5.32 Å². The minimum Gasteiger partial charge on any atom is -0.356 e. The normalized spacial score (nSPS) is 37.4. The Balaban J connectivity index is 2.34. The fourth-order valence-corrected chi connectivity index (χ4v) is 1.06. The van der Waals surface area contributed by atoms with E-state index < -0.39 is 0 Å². The van der Waals surface area contributed by atoms with Gasteiger partial charge in [-0.1, -0.05) is 6.92 Å². The smallest absolute Gasteiger partial charge is 0.127 e. The van der Waals surface area contributed by atoms with Crippen molar-refractivity contribution in [3.8, 4) is 0 Å². The second kappa shape index (κ2) is 2.46. The summed E-state index contributed by atoms with van der Waals surface area (Å²) in [6.07, 6.45) is 1.40. The average molecular weight is 157 g/mol. The van der Waals surface area contributed by atoms with Crippen LogP contribution in [0.15, 0.2) is 0 Å². The molecule has 0 amide bonds. The number of rotatable bonds is 2. The van der Waals surface area contributed by atoms with Crippen LogP contribution >= 0.6 is 0 Å². The van der Waals surface area contributed by atoms with Crippen LogP contribution < -0.4 is 5.32 Å². The highest BCUT2D eigenvalue weighted by molar-refractivity contribution is 5.05. The van der Waals surface area contributed by atoms with E-state index in [0.29, 0.717) is 0 Å². The summed E-state index contributed by atoms with van der Waals surface area (Å²) in [6.45, 7) is 10.6. The van der Waals surface area contributed by atoms with Gasteiger partial charge in [0.1, 0.15) is 6.23 Å². The lowest BCUT2D eigenvalue weighted by molar-refractivity contribution is -0.0263. The zero-order valence-electron chi connectivity index (χ0n) is 8.19. The summed E-state index contributed by atoms with van der Waals surface area (Å²) in [7, 11) is 0. The molecule has 0 bridgehead atoms. The predicted molar refractivity (Wildman–Crippen MR) is 46.5 cm³/mol. The lowest BCUT2D eigenvalue weighted by Crippen LogP contribution is -2.24. The van der Waals surface area contributed by atoms with Crippen LogP contribution in [0.4, 0.5) is 0 Å². The monoisotopic (exact) mass is 157 g/mol. The Hall–Kier alpha value is -0.0800. The second-order valence-electron chi connectivity index (χ2n) is 4.53. The van der Waals surface area contributed by atoms with E-state index in [0.717, 1.165) is 6.42 Å². The lowest BCUT2D eigenvalue weighted by atomic mass is 10.1. The van der Waals surface area contributed by atoms with Crippen molar-refractivity contribution < 1.29 is 4.74 Å². The Morgan fingerprint density at radius 2 is 2.00 bits per heavy atom. The zero-order chi connectivity index (χ0) is 8.70. The number of nitrogens with one attached hydrogen (secondary N) is 1. The maximum Gasteiger partial charge on any atom is 0.127 e. The van der Waals surface area contributed by atoms with Crippen molar-refractivity contribution in [2.75, 3.05) is 0 Å². The Kier molecular flexibility index (Phi) is 2.01. The number of hydrogen-bond acceptors (Lipinski definition) is 2. The summed E-state index contributed by atoms with van der Waals surface area (Å²) in [6, 6.07) is 0. The van der Waals surface area contributed by atoms with Crippen LogP contribution in [0.2, 0.25) is 0 Å². The zero-order valence-corrected chi connectivity index (χ0v) is 8.19. The van der Waals surface area contributed by atoms with Crippen LogP contribution in [0.3, 0.4) is 0 Å². The van der Waals surface area contributed by atoms with E-state index in [9.17, 15) is 0 Å². The Bertz CT molecular complexity index is 150. The van der Waals surface area contributed by atoms with Crippen molar-refractivity contribution in [3.63, 3.8) is 0 Å². The molecule has 2 heteroatoms. The fraction of sp³-hybridized carbons (Fsp3) is 1.00. The Labute approximate surface area is 69.3 Å². The third-order valence-corrected chi connectivity index (χ3v) is 2.16. The fourth-order valence-electron chi connectivity index (χ4n) is 1.06. The van der Waals surface area contributed by atoms with E-state index in [1.165, 1.54) is 0 Å². The maximum absolute atomic E-state index is 5.74. The van der Waals surface area contributed by atoms with Crippen LogP contribution in [-0.4, -0.2) is 17.4 Å². The van der Waals surface area contributed by atoms with E-state index in [1.807, 2.05) is 0 Å². The molecule has 0 aromatic carbocycles. The van der Waals surface area contributed by atoms with Crippen molar-refractivity contribution in [1.29, 1.82) is 0 Å². The van der Waals surface area contributed by atoms with Crippen LogP contribution in [0.5, 0.6) is 0 Å². The van der Waals surface area contributed by atoms with Crippen molar-refractivity contribution in [2.24, 2.45) is 0 Å². The third-order valence-electron chi connectivity index (χ3n) is 2.16. The minimum atomic E-state index is -0.0232. The molecule has 0 radical (unpaired) electrons. The van der Waals surface area contributed by atoms with Gasteiger partial charge < -0.3 is 4.74 Å². The molecular weight excluding hydrogens is 138 g/mol. The summed E-state index contributed by atoms with van der Waals surface area (Å²) in [5, 5.41) is 3.33. The Morgan fingerprint density at radius 3 is 2.27 bits per heavy atom. The molecule has 0 aliphatic carbocycles. The van der Waals surface area contributed by atoms with E-state index in [4.69, 9.17) is 4.74 Å². The number of ether oxygens (including phenoxy) is 1.